The fourth-order valence-corrected chi connectivity index (χ4v) is 4.00. The van der Waals surface area contributed by atoms with Gasteiger partial charge in [0.15, 0.2) is 5.96 Å². The molecular weight excluding hydrogens is 513 g/mol. The number of anilines is 1. The highest BCUT2D eigenvalue weighted by atomic mass is 127. The minimum Gasteiger partial charge on any atom is -0.497 e. The molecule has 0 spiro atoms. The van der Waals surface area contributed by atoms with E-state index in [1.165, 1.54) is 5.00 Å². The summed E-state index contributed by atoms with van der Waals surface area (Å²) >= 11 is 1.78. The number of benzene rings is 1. The molecular formula is C21H30IN5O2S. The number of carbonyl (C=O) groups is 1. The molecule has 1 aromatic heterocycles. The van der Waals surface area contributed by atoms with Gasteiger partial charge in [-0.2, -0.15) is 0 Å². The molecule has 1 saturated heterocycles. The number of halogens is 1. The maximum absolute atomic E-state index is 12.3. The van der Waals surface area contributed by atoms with Crippen molar-refractivity contribution in [2.24, 2.45) is 4.99 Å². The smallest absolute Gasteiger partial charge is 0.251 e. The number of nitrogens with one attached hydrogen (secondary N) is 2. The fourth-order valence-electron chi connectivity index (χ4n) is 3.21. The quantitative estimate of drug-likeness (QED) is 0.243. The third-order valence-electron chi connectivity index (χ3n) is 4.72. The van der Waals surface area contributed by atoms with Crippen molar-refractivity contribution < 1.29 is 9.53 Å². The lowest BCUT2D eigenvalue weighted by Gasteiger charge is -2.37. The van der Waals surface area contributed by atoms with Crippen molar-refractivity contribution >= 4 is 52.2 Å². The van der Waals surface area contributed by atoms with Gasteiger partial charge in [0.1, 0.15) is 5.75 Å². The molecule has 7 nitrogen and oxygen atoms in total. The summed E-state index contributed by atoms with van der Waals surface area (Å²) < 4.78 is 5.17. The summed E-state index contributed by atoms with van der Waals surface area (Å²) in [5.74, 6) is 1.47. The zero-order valence-corrected chi connectivity index (χ0v) is 20.6. The molecule has 0 bridgehead atoms. The molecule has 2 heterocycles. The van der Waals surface area contributed by atoms with Gasteiger partial charge >= 0.3 is 0 Å². The molecule has 164 valence electrons. The minimum atomic E-state index is -0.117. The Labute approximate surface area is 199 Å². The third-order valence-corrected chi connectivity index (χ3v) is 5.65. The Morgan fingerprint density at radius 1 is 1.17 bits per heavy atom. The standard InChI is InChI=1S/C21H29N5O2S.HI/c1-3-22-21(26-13-11-25(12-14-26)19-8-5-15-29-19)24-10-9-23-20(27)17-6-4-7-18(16-17)28-2;/h4-8,15-16H,3,9-14H2,1-2H3,(H,22,24)(H,23,27);1H. The summed E-state index contributed by atoms with van der Waals surface area (Å²) in [6, 6.07) is 11.4. The molecule has 1 fully saturated rings. The Morgan fingerprint density at radius 2 is 1.97 bits per heavy atom. The molecule has 30 heavy (non-hydrogen) atoms. The number of aliphatic imine (C=N–C) groups is 1. The number of piperazine rings is 1. The van der Waals surface area contributed by atoms with Crippen molar-refractivity contribution in [3.05, 3.63) is 47.3 Å². The molecule has 3 rings (SSSR count). The van der Waals surface area contributed by atoms with Gasteiger partial charge in [0, 0.05) is 44.8 Å². The molecule has 0 unspecified atom stereocenters. The van der Waals surface area contributed by atoms with Crippen molar-refractivity contribution in [2.45, 2.75) is 6.92 Å². The Bertz CT molecular complexity index is 807. The first-order chi connectivity index (χ1) is 14.2. The monoisotopic (exact) mass is 543 g/mol. The largest absolute Gasteiger partial charge is 0.497 e. The van der Waals surface area contributed by atoms with Gasteiger partial charge in [0.2, 0.25) is 0 Å². The summed E-state index contributed by atoms with van der Waals surface area (Å²) in [5.41, 5.74) is 0.588. The summed E-state index contributed by atoms with van der Waals surface area (Å²) in [4.78, 5) is 21.7. The van der Waals surface area contributed by atoms with Gasteiger partial charge in [-0.25, -0.2) is 0 Å². The lowest BCUT2D eigenvalue weighted by Crippen LogP contribution is -2.52. The number of amides is 1. The zero-order valence-electron chi connectivity index (χ0n) is 17.5. The molecule has 0 aliphatic carbocycles. The molecule has 1 aliphatic heterocycles. The van der Waals surface area contributed by atoms with E-state index in [9.17, 15) is 4.79 Å². The number of guanidine groups is 1. The third kappa shape index (κ3) is 6.76. The highest BCUT2D eigenvalue weighted by Crippen LogP contribution is 2.22. The Morgan fingerprint density at radius 3 is 2.63 bits per heavy atom. The SMILES string of the molecule is CCNC(=NCCNC(=O)c1cccc(OC)c1)N1CCN(c2cccs2)CC1.I. The summed E-state index contributed by atoms with van der Waals surface area (Å²) in [6.45, 7) is 7.74. The highest BCUT2D eigenvalue weighted by Gasteiger charge is 2.20. The van der Waals surface area contributed by atoms with Crippen molar-refractivity contribution in [2.75, 3.05) is 57.8 Å². The molecule has 0 saturated carbocycles. The van der Waals surface area contributed by atoms with Crippen LogP contribution in [-0.2, 0) is 0 Å². The van der Waals surface area contributed by atoms with Gasteiger partial charge in [0.25, 0.3) is 5.91 Å². The lowest BCUT2D eigenvalue weighted by molar-refractivity contribution is 0.0954. The molecule has 1 aromatic carbocycles. The maximum atomic E-state index is 12.3. The predicted molar refractivity (Wildman–Crippen MR) is 135 cm³/mol. The molecule has 2 N–H and O–H groups in total. The van der Waals surface area contributed by atoms with Gasteiger partial charge in [-0.05, 0) is 42.6 Å². The van der Waals surface area contributed by atoms with Gasteiger partial charge in [-0.3, -0.25) is 9.79 Å². The van der Waals surface area contributed by atoms with Crippen LogP contribution in [0, 0.1) is 0 Å². The number of methoxy groups -OCH3 is 1. The summed E-state index contributed by atoms with van der Waals surface area (Å²) in [5, 5.41) is 9.73. The highest BCUT2D eigenvalue weighted by molar-refractivity contribution is 14.0. The van der Waals surface area contributed by atoms with Crippen LogP contribution < -0.4 is 20.3 Å². The van der Waals surface area contributed by atoms with E-state index < -0.39 is 0 Å². The number of ether oxygens (including phenoxy) is 1. The van der Waals surface area contributed by atoms with E-state index in [1.807, 2.05) is 12.1 Å². The number of hydrogen-bond donors (Lipinski definition) is 2. The normalized spacial score (nSPS) is 14.1. The zero-order chi connectivity index (χ0) is 20.5. The minimum absolute atomic E-state index is 0. The number of hydrogen-bond acceptors (Lipinski definition) is 5. The Kier molecular flexibility index (Phi) is 10.2. The van der Waals surface area contributed by atoms with Crippen molar-refractivity contribution in [1.29, 1.82) is 0 Å². The molecule has 0 radical (unpaired) electrons. The summed E-state index contributed by atoms with van der Waals surface area (Å²) in [6.07, 6.45) is 0. The van der Waals surface area contributed by atoms with Crippen molar-refractivity contribution in [3.8, 4) is 5.75 Å². The van der Waals surface area contributed by atoms with Crippen LogP contribution in [0.2, 0.25) is 0 Å². The van der Waals surface area contributed by atoms with Crippen molar-refractivity contribution in [1.82, 2.24) is 15.5 Å². The van der Waals surface area contributed by atoms with Crippen LogP contribution in [0.5, 0.6) is 5.75 Å². The maximum Gasteiger partial charge on any atom is 0.251 e. The molecule has 1 aliphatic rings. The van der Waals surface area contributed by atoms with Crippen LogP contribution in [0.25, 0.3) is 0 Å². The van der Waals surface area contributed by atoms with E-state index in [0.29, 0.717) is 24.4 Å². The van der Waals surface area contributed by atoms with Gasteiger partial charge in [-0.1, -0.05) is 6.07 Å². The van der Waals surface area contributed by atoms with Crippen LogP contribution in [-0.4, -0.2) is 69.7 Å². The Hall–Kier alpha value is -2.01. The van der Waals surface area contributed by atoms with E-state index in [0.717, 1.165) is 38.7 Å². The first-order valence-electron chi connectivity index (χ1n) is 9.95. The van der Waals surface area contributed by atoms with E-state index in [-0.39, 0.29) is 29.9 Å². The van der Waals surface area contributed by atoms with Gasteiger partial charge < -0.3 is 25.2 Å². The Balaban J connectivity index is 0.00000320. The second kappa shape index (κ2) is 12.6. The number of rotatable bonds is 7. The fraction of sp³-hybridized carbons (Fsp3) is 0.429. The predicted octanol–water partition coefficient (Wildman–Crippen LogP) is 2.89. The van der Waals surface area contributed by atoms with Crippen LogP contribution in [0.15, 0.2) is 46.8 Å². The summed E-state index contributed by atoms with van der Waals surface area (Å²) in [7, 11) is 1.59. The van der Waals surface area contributed by atoms with Gasteiger partial charge in [0.05, 0.1) is 18.7 Å². The average Bonchev–Trinajstić information content (AvgIpc) is 3.31. The molecule has 9 heteroatoms. The number of thiophene rings is 1. The van der Waals surface area contributed by atoms with E-state index in [4.69, 9.17) is 9.73 Å². The lowest BCUT2D eigenvalue weighted by atomic mass is 10.2. The van der Waals surface area contributed by atoms with Crippen molar-refractivity contribution in [3.63, 3.8) is 0 Å². The van der Waals surface area contributed by atoms with Crippen LogP contribution in [0.4, 0.5) is 5.00 Å². The first-order valence-corrected chi connectivity index (χ1v) is 10.8. The van der Waals surface area contributed by atoms with Crippen LogP contribution in [0.3, 0.4) is 0 Å². The number of carbonyl (C=O) groups excluding carboxylic acids is 1. The van der Waals surface area contributed by atoms with E-state index >= 15 is 0 Å². The van der Waals surface area contributed by atoms with Crippen LogP contribution in [0.1, 0.15) is 17.3 Å². The first kappa shape index (κ1) is 24.3. The van der Waals surface area contributed by atoms with E-state index in [2.05, 4.69) is 44.9 Å². The number of nitrogens with zero attached hydrogens (tertiary/aromatic N) is 3. The molecule has 0 atom stereocenters. The molecule has 1 amide bonds. The average molecular weight is 543 g/mol. The molecule has 2 aromatic rings. The second-order valence-corrected chi connectivity index (χ2v) is 7.58. The second-order valence-electron chi connectivity index (χ2n) is 6.65. The topological polar surface area (TPSA) is 69.2 Å². The van der Waals surface area contributed by atoms with Gasteiger partial charge in [-0.15, -0.1) is 35.3 Å². The van der Waals surface area contributed by atoms with E-state index in [1.54, 1.807) is 30.6 Å². The van der Waals surface area contributed by atoms with Crippen LogP contribution >= 0.6 is 35.3 Å².